The minimum absolute atomic E-state index is 0.210. The first kappa shape index (κ1) is 21.5. The van der Waals surface area contributed by atoms with Crippen molar-refractivity contribution < 1.29 is 32.2 Å². The van der Waals surface area contributed by atoms with Gasteiger partial charge in [-0.1, -0.05) is 18.2 Å². The van der Waals surface area contributed by atoms with Crippen molar-refractivity contribution in [1.82, 2.24) is 0 Å². The summed E-state index contributed by atoms with van der Waals surface area (Å²) in [7, 11) is 0. The van der Waals surface area contributed by atoms with Crippen molar-refractivity contribution in [3.05, 3.63) is 59.7 Å². The molecule has 3 fully saturated rings. The summed E-state index contributed by atoms with van der Waals surface area (Å²) in [4.78, 5) is 27.6. The van der Waals surface area contributed by atoms with Crippen molar-refractivity contribution in [3.8, 4) is 11.8 Å². The molecule has 2 aromatic rings. The van der Waals surface area contributed by atoms with Gasteiger partial charge in [-0.05, 0) is 44.2 Å². The molecule has 2 amide bonds. The minimum Gasteiger partial charge on any atom is -0.487 e. The van der Waals surface area contributed by atoms with Gasteiger partial charge in [0.05, 0.1) is 40.3 Å². The number of halogens is 3. The average Bonchev–Trinajstić information content (AvgIpc) is 3.28. The van der Waals surface area contributed by atoms with E-state index in [1.807, 2.05) is 18.2 Å². The summed E-state index contributed by atoms with van der Waals surface area (Å²) in [6, 6.07) is 13.4. The van der Waals surface area contributed by atoms with Crippen molar-refractivity contribution >= 4 is 17.5 Å². The van der Waals surface area contributed by atoms with Crippen LogP contribution in [-0.4, -0.2) is 29.1 Å². The van der Waals surface area contributed by atoms with Crippen LogP contribution in [0.3, 0.4) is 0 Å². The van der Waals surface area contributed by atoms with Crippen LogP contribution in [0.1, 0.15) is 31.4 Å². The molecule has 0 aromatic heterocycles. The van der Waals surface area contributed by atoms with Crippen molar-refractivity contribution in [2.45, 2.75) is 43.8 Å². The van der Waals surface area contributed by atoms with Gasteiger partial charge in [0.1, 0.15) is 17.5 Å². The highest BCUT2D eigenvalue weighted by molar-refractivity contribution is 6.23. The van der Waals surface area contributed by atoms with Gasteiger partial charge in [-0.15, -0.1) is 0 Å². The molecule has 0 aliphatic carbocycles. The van der Waals surface area contributed by atoms with Crippen molar-refractivity contribution in [3.63, 3.8) is 0 Å². The van der Waals surface area contributed by atoms with Crippen LogP contribution >= 0.6 is 0 Å². The Kier molecular flexibility index (Phi) is 4.43. The van der Waals surface area contributed by atoms with Crippen LogP contribution in [0.15, 0.2) is 48.5 Å². The Morgan fingerprint density at radius 3 is 2.39 bits per heavy atom. The Bertz CT molecular complexity index is 1210. The zero-order chi connectivity index (χ0) is 23.8. The van der Waals surface area contributed by atoms with Gasteiger partial charge in [-0.25, -0.2) is 4.90 Å². The van der Waals surface area contributed by atoms with E-state index in [9.17, 15) is 22.8 Å². The van der Waals surface area contributed by atoms with E-state index in [1.54, 1.807) is 26.0 Å². The number of nitriles is 1. The number of carbonyl (C=O) groups is 2. The van der Waals surface area contributed by atoms with Crippen molar-refractivity contribution in [2.75, 3.05) is 4.90 Å². The number of hydrogen-bond acceptors (Lipinski definition) is 5. The number of imide groups is 1. The molecule has 33 heavy (non-hydrogen) atoms. The number of anilines is 1. The lowest BCUT2D eigenvalue weighted by Crippen LogP contribution is -2.51. The van der Waals surface area contributed by atoms with Gasteiger partial charge in [0.2, 0.25) is 11.8 Å². The molecule has 5 rings (SSSR count). The van der Waals surface area contributed by atoms with Crippen LogP contribution in [-0.2, 0) is 20.5 Å². The molecule has 6 nitrogen and oxygen atoms in total. The largest absolute Gasteiger partial charge is 0.487 e. The maximum absolute atomic E-state index is 13.5. The fourth-order valence-corrected chi connectivity index (χ4v) is 5.58. The SMILES string of the molecule is C[C@@]12O[C@@](C)(C[C@H]1Oc1ccccc1)[C@@H]1C(=O)N(c3ccc(C#N)c(C(F)(F)F)c3)C(=O)[C@@H]12. The number of alkyl halides is 3. The number of ether oxygens (including phenoxy) is 2. The maximum atomic E-state index is 13.5. The second-order valence-corrected chi connectivity index (χ2v) is 9.03. The quantitative estimate of drug-likeness (QED) is 0.651. The fourth-order valence-electron chi connectivity index (χ4n) is 5.58. The third kappa shape index (κ3) is 2.97. The number of amides is 2. The van der Waals surface area contributed by atoms with E-state index < -0.39 is 58.3 Å². The van der Waals surface area contributed by atoms with Gasteiger partial charge in [0.15, 0.2) is 0 Å². The first-order chi connectivity index (χ1) is 15.5. The number of para-hydroxylation sites is 1. The molecule has 0 N–H and O–H groups in total. The fraction of sp³-hybridized carbons (Fsp3) is 0.375. The molecule has 3 heterocycles. The summed E-state index contributed by atoms with van der Waals surface area (Å²) in [5, 5.41) is 9.04. The summed E-state index contributed by atoms with van der Waals surface area (Å²) in [5.74, 6) is -2.38. The van der Waals surface area contributed by atoms with E-state index in [4.69, 9.17) is 14.7 Å². The van der Waals surface area contributed by atoms with Gasteiger partial charge in [0.25, 0.3) is 0 Å². The molecule has 0 saturated carbocycles. The Morgan fingerprint density at radius 2 is 1.76 bits per heavy atom. The number of rotatable bonds is 3. The van der Waals surface area contributed by atoms with E-state index in [0.717, 1.165) is 11.0 Å². The molecule has 0 radical (unpaired) electrons. The Hall–Kier alpha value is -3.38. The number of fused-ring (bicyclic) bond motifs is 5. The summed E-state index contributed by atoms with van der Waals surface area (Å²) in [5.41, 5.74) is -4.11. The van der Waals surface area contributed by atoms with E-state index in [1.165, 1.54) is 12.1 Å². The summed E-state index contributed by atoms with van der Waals surface area (Å²) in [6.45, 7) is 3.45. The van der Waals surface area contributed by atoms with Crippen LogP contribution in [0.5, 0.6) is 5.75 Å². The van der Waals surface area contributed by atoms with Crippen molar-refractivity contribution in [1.29, 1.82) is 5.26 Å². The smallest absolute Gasteiger partial charge is 0.417 e. The molecule has 2 aromatic carbocycles. The van der Waals surface area contributed by atoms with Crippen LogP contribution in [0, 0.1) is 23.2 Å². The molecule has 3 aliphatic heterocycles. The van der Waals surface area contributed by atoms with Crippen LogP contribution in [0.4, 0.5) is 18.9 Å². The average molecular weight is 456 g/mol. The molecular weight excluding hydrogens is 437 g/mol. The van der Waals surface area contributed by atoms with E-state index in [2.05, 4.69) is 0 Å². The normalized spacial score (nSPS) is 32.7. The second kappa shape index (κ2) is 6.81. The highest BCUT2D eigenvalue weighted by Gasteiger charge is 2.76. The van der Waals surface area contributed by atoms with Gasteiger partial charge in [0, 0.05) is 6.42 Å². The molecule has 3 aliphatic rings. The lowest BCUT2D eigenvalue weighted by molar-refractivity contribution is -0.138. The highest BCUT2D eigenvalue weighted by atomic mass is 19.4. The van der Waals surface area contributed by atoms with Crippen LogP contribution in [0.25, 0.3) is 0 Å². The van der Waals surface area contributed by atoms with Crippen LogP contribution in [0.2, 0.25) is 0 Å². The Labute approximate surface area is 187 Å². The molecule has 9 heteroatoms. The Balaban J connectivity index is 1.52. The molecule has 170 valence electrons. The predicted molar refractivity (Wildman–Crippen MR) is 109 cm³/mol. The number of nitrogens with zero attached hydrogens (tertiary/aromatic N) is 2. The molecule has 0 unspecified atom stereocenters. The van der Waals surface area contributed by atoms with Gasteiger partial charge in [-0.3, -0.25) is 9.59 Å². The second-order valence-electron chi connectivity index (χ2n) is 9.03. The van der Waals surface area contributed by atoms with Gasteiger partial charge < -0.3 is 9.47 Å². The lowest BCUT2D eigenvalue weighted by Gasteiger charge is -2.35. The zero-order valence-corrected chi connectivity index (χ0v) is 17.7. The van der Waals surface area contributed by atoms with Crippen molar-refractivity contribution in [2.24, 2.45) is 11.8 Å². The minimum atomic E-state index is -4.81. The third-order valence-electron chi connectivity index (χ3n) is 6.97. The van der Waals surface area contributed by atoms with E-state index in [-0.39, 0.29) is 5.69 Å². The molecule has 5 atom stereocenters. The van der Waals surface area contributed by atoms with Gasteiger partial charge in [-0.2, -0.15) is 18.4 Å². The number of carbonyl (C=O) groups excluding carboxylic acids is 2. The summed E-state index contributed by atoms with van der Waals surface area (Å²) >= 11 is 0. The van der Waals surface area contributed by atoms with E-state index in [0.29, 0.717) is 18.2 Å². The molecule has 0 spiro atoms. The molecule has 3 saturated heterocycles. The lowest BCUT2D eigenvalue weighted by atomic mass is 9.67. The van der Waals surface area contributed by atoms with E-state index >= 15 is 0 Å². The number of hydrogen-bond donors (Lipinski definition) is 0. The third-order valence-corrected chi connectivity index (χ3v) is 6.97. The first-order valence-corrected chi connectivity index (χ1v) is 10.4. The first-order valence-electron chi connectivity index (χ1n) is 10.4. The predicted octanol–water partition coefficient (Wildman–Crippen LogP) is 4.08. The summed E-state index contributed by atoms with van der Waals surface area (Å²) < 4.78 is 52.7. The monoisotopic (exact) mass is 456 g/mol. The molecule has 2 bridgehead atoms. The Morgan fingerprint density at radius 1 is 1.09 bits per heavy atom. The summed E-state index contributed by atoms with van der Waals surface area (Å²) in [6.07, 6.45) is -4.97. The highest BCUT2D eigenvalue weighted by Crippen LogP contribution is 2.61. The maximum Gasteiger partial charge on any atom is 0.417 e. The topological polar surface area (TPSA) is 79.6 Å². The zero-order valence-electron chi connectivity index (χ0n) is 17.7. The van der Waals surface area contributed by atoms with Gasteiger partial charge >= 0.3 is 6.18 Å². The molecular formula is C24H19F3N2O4. The standard InChI is InChI=1S/C24H19F3N2O4/c1-22-11-17(32-15-6-4-3-5-7-15)23(2,33-22)19-18(22)20(30)29(21(19)31)14-9-8-13(12-28)16(10-14)24(25,26)27/h3-10,17-19H,11H2,1-2H3/t17-,18+,19-,22+,23-/m1/s1. The number of benzene rings is 2. The van der Waals surface area contributed by atoms with Crippen LogP contribution < -0.4 is 9.64 Å².